The Hall–Kier alpha value is -0.860. The van der Waals surface area contributed by atoms with E-state index in [1.165, 1.54) is 16.7 Å². The van der Waals surface area contributed by atoms with Crippen molar-refractivity contribution in [3.8, 4) is 0 Å². The molecule has 0 heterocycles. The van der Waals surface area contributed by atoms with Crippen LogP contribution < -0.4 is 11.5 Å². The summed E-state index contributed by atoms with van der Waals surface area (Å²) in [6, 6.07) is 6.73. The maximum atomic E-state index is 6.36. The molecule has 0 aliphatic heterocycles. The van der Waals surface area contributed by atoms with Crippen LogP contribution in [-0.4, -0.2) is 5.54 Å². The van der Waals surface area contributed by atoms with Crippen LogP contribution in [0.25, 0.3) is 0 Å². The van der Waals surface area contributed by atoms with E-state index in [-0.39, 0.29) is 17.0 Å². The molecule has 1 aromatic rings. The zero-order valence-electron chi connectivity index (χ0n) is 13.4. The van der Waals surface area contributed by atoms with E-state index in [0.29, 0.717) is 0 Å². The molecule has 0 aliphatic carbocycles. The van der Waals surface area contributed by atoms with Gasteiger partial charge in [0, 0.05) is 11.6 Å². The summed E-state index contributed by atoms with van der Waals surface area (Å²) in [4.78, 5) is 0. The highest BCUT2D eigenvalue weighted by Crippen LogP contribution is 2.28. The van der Waals surface area contributed by atoms with E-state index in [4.69, 9.17) is 11.5 Å². The monoisotopic (exact) mass is 262 g/mol. The standard InChI is InChI=1S/C17H30N2/c1-12-7-8-13(16(2,3)4)11-14(12)15(18)9-10-17(5,6)19/h7-8,11,15H,9-10,18-19H2,1-6H3. The third-order valence-corrected chi connectivity index (χ3v) is 3.64. The number of rotatable bonds is 4. The zero-order chi connectivity index (χ0) is 14.8. The van der Waals surface area contributed by atoms with Crippen molar-refractivity contribution >= 4 is 0 Å². The van der Waals surface area contributed by atoms with Crippen molar-refractivity contribution in [1.29, 1.82) is 0 Å². The summed E-state index contributed by atoms with van der Waals surface area (Å²) in [5.74, 6) is 0. The summed E-state index contributed by atoms with van der Waals surface area (Å²) >= 11 is 0. The summed E-state index contributed by atoms with van der Waals surface area (Å²) in [5.41, 5.74) is 16.3. The minimum absolute atomic E-state index is 0.0742. The van der Waals surface area contributed by atoms with Crippen molar-refractivity contribution in [2.45, 2.75) is 71.4 Å². The Morgan fingerprint density at radius 1 is 1.11 bits per heavy atom. The third-order valence-electron chi connectivity index (χ3n) is 3.64. The van der Waals surface area contributed by atoms with Gasteiger partial charge in [-0.05, 0) is 55.7 Å². The van der Waals surface area contributed by atoms with E-state index in [0.717, 1.165) is 12.8 Å². The largest absolute Gasteiger partial charge is 0.326 e. The average molecular weight is 262 g/mol. The smallest absolute Gasteiger partial charge is 0.0298 e. The van der Waals surface area contributed by atoms with Gasteiger partial charge in [0.25, 0.3) is 0 Å². The number of hydrogen-bond donors (Lipinski definition) is 2. The molecule has 0 aliphatic rings. The van der Waals surface area contributed by atoms with Gasteiger partial charge in [-0.25, -0.2) is 0 Å². The lowest BCUT2D eigenvalue weighted by molar-refractivity contribution is 0.432. The van der Waals surface area contributed by atoms with Gasteiger partial charge in [0.1, 0.15) is 0 Å². The molecule has 19 heavy (non-hydrogen) atoms. The molecule has 1 unspecified atom stereocenters. The SMILES string of the molecule is Cc1ccc(C(C)(C)C)cc1C(N)CCC(C)(C)N. The molecule has 2 heteroatoms. The lowest BCUT2D eigenvalue weighted by Gasteiger charge is -2.25. The number of nitrogens with two attached hydrogens (primary N) is 2. The van der Waals surface area contributed by atoms with Crippen LogP contribution in [0.1, 0.15) is 70.2 Å². The molecule has 0 aromatic heterocycles. The maximum absolute atomic E-state index is 6.36. The van der Waals surface area contributed by atoms with Crippen molar-refractivity contribution < 1.29 is 0 Å². The Morgan fingerprint density at radius 2 is 1.68 bits per heavy atom. The minimum atomic E-state index is -0.146. The molecule has 0 amide bonds. The summed E-state index contributed by atoms with van der Waals surface area (Å²) in [6.45, 7) is 12.9. The van der Waals surface area contributed by atoms with Crippen LogP contribution in [0.4, 0.5) is 0 Å². The van der Waals surface area contributed by atoms with Crippen molar-refractivity contribution in [2.75, 3.05) is 0 Å². The molecule has 1 rings (SSSR count). The Labute approximate surface area is 118 Å². The molecule has 1 atom stereocenters. The molecule has 4 N–H and O–H groups in total. The molecule has 0 spiro atoms. The fraction of sp³-hybridized carbons (Fsp3) is 0.647. The molecule has 1 aromatic carbocycles. The van der Waals surface area contributed by atoms with Gasteiger partial charge in [0.2, 0.25) is 0 Å². The lowest BCUT2D eigenvalue weighted by atomic mass is 9.83. The van der Waals surface area contributed by atoms with Gasteiger partial charge < -0.3 is 11.5 Å². The van der Waals surface area contributed by atoms with Gasteiger partial charge in [-0.2, -0.15) is 0 Å². The van der Waals surface area contributed by atoms with Crippen LogP contribution in [0.5, 0.6) is 0 Å². The molecule has 0 saturated carbocycles. The summed E-state index contributed by atoms with van der Waals surface area (Å²) in [6.07, 6.45) is 1.87. The molecule has 0 fully saturated rings. The summed E-state index contributed by atoms with van der Waals surface area (Å²) in [5, 5.41) is 0. The molecule has 0 bridgehead atoms. The van der Waals surface area contributed by atoms with Crippen molar-refractivity contribution in [2.24, 2.45) is 11.5 Å². The van der Waals surface area contributed by atoms with Gasteiger partial charge in [0.15, 0.2) is 0 Å². The topological polar surface area (TPSA) is 52.0 Å². The second-order valence-electron chi connectivity index (χ2n) is 7.46. The van der Waals surface area contributed by atoms with Crippen molar-refractivity contribution in [3.05, 3.63) is 34.9 Å². The molecule has 2 nitrogen and oxygen atoms in total. The first kappa shape index (κ1) is 16.2. The van der Waals surface area contributed by atoms with Gasteiger partial charge in [-0.3, -0.25) is 0 Å². The third kappa shape index (κ3) is 4.96. The van der Waals surface area contributed by atoms with E-state index in [9.17, 15) is 0 Å². The van der Waals surface area contributed by atoms with Gasteiger partial charge in [-0.15, -0.1) is 0 Å². The van der Waals surface area contributed by atoms with Crippen LogP contribution in [-0.2, 0) is 5.41 Å². The average Bonchev–Trinajstić information content (AvgIpc) is 2.24. The predicted octanol–water partition coefficient (Wildman–Crippen LogP) is 3.81. The van der Waals surface area contributed by atoms with Crippen molar-refractivity contribution in [3.63, 3.8) is 0 Å². The maximum Gasteiger partial charge on any atom is 0.0298 e. The number of aryl methyl sites for hydroxylation is 1. The normalized spacial score (nSPS) is 14.5. The molecular weight excluding hydrogens is 232 g/mol. The van der Waals surface area contributed by atoms with Crippen LogP contribution in [0.15, 0.2) is 18.2 Å². The highest BCUT2D eigenvalue weighted by Gasteiger charge is 2.19. The second-order valence-corrected chi connectivity index (χ2v) is 7.46. The fourth-order valence-corrected chi connectivity index (χ4v) is 2.19. The van der Waals surface area contributed by atoms with Gasteiger partial charge >= 0.3 is 0 Å². The number of hydrogen-bond acceptors (Lipinski definition) is 2. The van der Waals surface area contributed by atoms with Crippen molar-refractivity contribution in [1.82, 2.24) is 0 Å². The first-order valence-electron chi connectivity index (χ1n) is 7.16. The van der Waals surface area contributed by atoms with E-state index in [2.05, 4.69) is 59.7 Å². The second kappa shape index (κ2) is 5.64. The van der Waals surface area contributed by atoms with E-state index in [1.807, 2.05) is 0 Å². The van der Waals surface area contributed by atoms with E-state index in [1.54, 1.807) is 0 Å². The Balaban J connectivity index is 2.93. The predicted molar refractivity (Wildman–Crippen MR) is 84.3 cm³/mol. The van der Waals surface area contributed by atoms with Gasteiger partial charge in [0.05, 0.1) is 0 Å². The Morgan fingerprint density at radius 3 is 2.16 bits per heavy atom. The van der Waals surface area contributed by atoms with Gasteiger partial charge in [-0.1, -0.05) is 39.0 Å². The van der Waals surface area contributed by atoms with Crippen LogP contribution >= 0.6 is 0 Å². The Kier molecular flexibility index (Phi) is 4.81. The number of benzene rings is 1. The summed E-state index contributed by atoms with van der Waals surface area (Å²) < 4.78 is 0. The summed E-state index contributed by atoms with van der Waals surface area (Å²) in [7, 11) is 0. The van der Waals surface area contributed by atoms with E-state index >= 15 is 0 Å². The quantitative estimate of drug-likeness (QED) is 0.867. The van der Waals surface area contributed by atoms with Crippen LogP contribution in [0.3, 0.4) is 0 Å². The lowest BCUT2D eigenvalue weighted by Crippen LogP contribution is -2.33. The molecule has 0 saturated heterocycles. The fourth-order valence-electron chi connectivity index (χ4n) is 2.19. The Bertz CT molecular complexity index is 422. The first-order valence-corrected chi connectivity index (χ1v) is 7.16. The molecular formula is C17H30N2. The minimum Gasteiger partial charge on any atom is -0.326 e. The molecule has 108 valence electrons. The zero-order valence-corrected chi connectivity index (χ0v) is 13.4. The highest BCUT2D eigenvalue weighted by atomic mass is 14.7. The molecule has 0 radical (unpaired) electrons. The van der Waals surface area contributed by atoms with E-state index < -0.39 is 0 Å². The first-order chi connectivity index (χ1) is 8.50. The highest BCUT2D eigenvalue weighted by molar-refractivity contribution is 5.36. The van der Waals surface area contributed by atoms with Crippen LogP contribution in [0.2, 0.25) is 0 Å². The van der Waals surface area contributed by atoms with Crippen LogP contribution in [0, 0.1) is 6.92 Å².